The molecule has 0 radical (unpaired) electrons. The molecule has 0 fully saturated rings. The molecule has 1 aromatic carbocycles. The van der Waals surface area contributed by atoms with Crippen molar-refractivity contribution in [3.05, 3.63) is 41.5 Å². The lowest BCUT2D eigenvalue weighted by molar-refractivity contribution is -0.137. The Morgan fingerprint density at radius 1 is 1.29 bits per heavy atom. The van der Waals surface area contributed by atoms with Crippen molar-refractivity contribution < 1.29 is 14.7 Å². The smallest absolute Gasteiger partial charge is 0.303 e. The van der Waals surface area contributed by atoms with Gasteiger partial charge in [-0.25, -0.2) is 0 Å². The molecule has 0 aliphatic rings. The number of amides is 1. The number of carboxylic acid groups (broad SMARTS) is 1. The van der Waals surface area contributed by atoms with Gasteiger partial charge in [0.05, 0.1) is 0 Å². The summed E-state index contributed by atoms with van der Waals surface area (Å²) in [6.07, 6.45) is 4.98. The third kappa shape index (κ3) is 7.30. The molecule has 0 saturated carbocycles. The third-order valence-corrected chi connectivity index (χ3v) is 3.29. The summed E-state index contributed by atoms with van der Waals surface area (Å²) in [5.74, 6) is -0.803. The van der Waals surface area contributed by atoms with Gasteiger partial charge in [0.2, 0.25) is 5.91 Å². The lowest BCUT2D eigenvalue weighted by Gasteiger charge is -2.09. The first-order valence-corrected chi connectivity index (χ1v) is 7.28. The number of aliphatic carboxylic acids is 1. The molecule has 0 aliphatic carbocycles. The Bertz CT molecular complexity index is 491. The Morgan fingerprint density at radius 3 is 2.52 bits per heavy atom. The fraction of sp³-hybridized carbons (Fsp3) is 0.412. The van der Waals surface area contributed by atoms with Crippen molar-refractivity contribution in [2.45, 2.75) is 33.1 Å². The van der Waals surface area contributed by atoms with Gasteiger partial charge in [-0.15, -0.1) is 0 Å². The summed E-state index contributed by atoms with van der Waals surface area (Å²) in [6.45, 7) is 4.52. The van der Waals surface area contributed by atoms with Gasteiger partial charge in [0.25, 0.3) is 0 Å². The van der Waals surface area contributed by atoms with Gasteiger partial charge in [0.15, 0.2) is 0 Å². The Morgan fingerprint density at radius 2 is 1.95 bits per heavy atom. The summed E-state index contributed by atoms with van der Waals surface area (Å²) in [6, 6.07) is 8.06. The monoisotopic (exact) mass is 289 g/mol. The van der Waals surface area contributed by atoms with Crippen LogP contribution in [0, 0.1) is 5.92 Å². The van der Waals surface area contributed by atoms with Crippen LogP contribution in [0.25, 0.3) is 6.08 Å². The van der Waals surface area contributed by atoms with Crippen LogP contribution in [-0.4, -0.2) is 23.5 Å². The predicted octanol–water partition coefficient (Wildman–Crippen LogP) is 2.88. The third-order valence-electron chi connectivity index (χ3n) is 3.29. The van der Waals surface area contributed by atoms with Gasteiger partial charge in [0.1, 0.15) is 0 Å². The van der Waals surface area contributed by atoms with Crippen LogP contribution in [0.5, 0.6) is 0 Å². The van der Waals surface area contributed by atoms with E-state index in [2.05, 4.69) is 12.2 Å². The van der Waals surface area contributed by atoms with Crippen molar-refractivity contribution in [2.75, 3.05) is 6.54 Å². The molecule has 4 nitrogen and oxygen atoms in total. The average molecular weight is 289 g/mol. The van der Waals surface area contributed by atoms with E-state index in [1.165, 1.54) is 11.6 Å². The number of carbonyl (C=O) groups is 2. The van der Waals surface area contributed by atoms with E-state index in [0.29, 0.717) is 13.0 Å². The summed E-state index contributed by atoms with van der Waals surface area (Å²) in [4.78, 5) is 22.1. The highest BCUT2D eigenvalue weighted by Gasteiger charge is 2.06. The zero-order valence-electron chi connectivity index (χ0n) is 12.6. The SMILES string of the molecule is CCc1ccc(/C=C/C(=O)NCC(C)CCC(=O)O)cc1. The van der Waals surface area contributed by atoms with Crippen molar-refractivity contribution in [3.63, 3.8) is 0 Å². The average Bonchev–Trinajstić information content (AvgIpc) is 2.49. The predicted molar refractivity (Wildman–Crippen MR) is 83.9 cm³/mol. The van der Waals surface area contributed by atoms with Crippen LogP contribution in [0.15, 0.2) is 30.3 Å². The summed E-state index contributed by atoms with van der Waals surface area (Å²) in [7, 11) is 0. The maximum Gasteiger partial charge on any atom is 0.303 e. The van der Waals surface area contributed by atoms with E-state index in [0.717, 1.165) is 12.0 Å². The number of nitrogens with one attached hydrogen (secondary N) is 1. The molecule has 1 rings (SSSR count). The summed E-state index contributed by atoms with van der Waals surface area (Å²) >= 11 is 0. The zero-order valence-corrected chi connectivity index (χ0v) is 12.6. The first-order chi connectivity index (χ1) is 10.0. The van der Waals surface area contributed by atoms with E-state index in [1.54, 1.807) is 6.08 Å². The van der Waals surface area contributed by atoms with E-state index in [1.807, 2.05) is 31.2 Å². The molecule has 0 aliphatic heterocycles. The Labute approximate surface area is 125 Å². The number of rotatable bonds is 8. The summed E-state index contributed by atoms with van der Waals surface area (Å²) in [5, 5.41) is 11.4. The first kappa shape index (κ1) is 17.0. The molecule has 1 atom stereocenters. The molecule has 2 N–H and O–H groups in total. The molecule has 1 amide bonds. The van der Waals surface area contributed by atoms with E-state index in [-0.39, 0.29) is 18.2 Å². The van der Waals surface area contributed by atoms with Crippen LogP contribution >= 0.6 is 0 Å². The number of carboxylic acids is 1. The van der Waals surface area contributed by atoms with Gasteiger partial charge < -0.3 is 10.4 Å². The van der Waals surface area contributed by atoms with E-state index in [9.17, 15) is 9.59 Å². The molecular formula is C17H23NO3. The minimum atomic E-state index is -0.802. The number of aryl methyl sites for hydroxylation is 1. The van der Waals surface area contributed by atoms with Crippen molar-refractivity contribution in [3.8, 4) is 0 Å². The van der Waals surface area contributed by atoms with Crippen molar-refractivity contribution in [2.24, 2.45) is 5.92 Å². The van der Waals surface area contributed by atoms with Crippen molar-refractivity contribution >= 4 is 18.0 Å². The van der Waals surface area contributed by atoms with Gasteiger partial charge in [-0.1, -0.05) is 38.1 Å². The van der Waals surface area contributed by atoms with Gasteiger partial charge in [-0.2, -0.15) is 0 Å². The number of carbonyl (C=O) groups excluding carboxylic acids is 1. The molecule has 4 heteroatoms. The van der Waals surface area contributed by atoms with Gasteiger partial charge in [-0.05, 0) is 36.0 Å². The maximum absolute atomic E-state index is 11.7. The Kier molecular flexibility index (Phi) is 7.23. The minimum Gasteiger partial charge on any atom is -0.481 e. The first-order valence-electron chi connectivity index (χ1n) is 7.28. The largest absolute Gasteiger partial charge is 0.481 e. The van der Waals surface area contributed by atoms with Gasteiger partial charge in [-0.3, -0.25) is 9.59 Å². The molecule has 21 heavy (non-hydrogen) atoms. The molecule has 0 bridgehead atoms. The van der Waals surface area contributed by atoms with E-state index < -0.39 is 5.97 Å². The van der Waals surface area contributed by atoms with Gasteiger partial charge >= 0.3 is 5.97 Å². The second-order valence-electron chi connectivity index (χ2n) is 5.21. The summed E-state index contributed by atoms with van der Waals surface area (Å²) in [5.41, 5.74) is 2.25. The van der Waals surface area contributed by atoms with Crippen molar-refractivity contribution in [1.29, 1.82) is 0 Å². The second kappa shape index (κ2) is 8.95. The molecule has 0 heterocycles. The quantitative estimate of drug-likeness (QED) is 0.723. The lowest BCUT2D eigenvalue weighted by Crippen LogP contribution is -2.26. The summed E-state index contributed by atoms with van der Waals surface area (Å²) < 4.78 is 0. The van der Waals surface area contributed by atoms with Gasteiger partial charge in [0, 0.05) is 19.0 Å². The fourth-order valence-electron chi connectivity index (χ4n) is 1.84. The molecule has 0 saturated heterocycles. The molecule has 114 valence electrons. The number of hydrogen-bond donors (Lipinski definition) is 2. The normalized spacial score (nSPS) is 12.3. The zero-order chi connectivity index (χ0) is 15.7. The van der Waals surface area contributed by atoms with Crippen molar-refractivity contribution in [1.82, 2.24) is 5.32 Å². The van der Waals surface area contributed by atoms with Crippen LogP contribution in [0.2, 0.25) is 0 Å². The molecule has 1 unspecified atom stereocenters. The number of hydrogen-bond acceptors (Lipinski definition) is 2. The highest BCUT2D eigenvalue weighted by Crippen LogP contribution is 2.07. The molecule has 0 aromatic heterocycles. The number of benzene rings is 1. The van der Waals surface area contributed by atoms with Crippen LogP contribution in [0.3, 0.4) is 0 Å². The topological polar surface area (TPSA) is 66.4 Å². The Balaban J connectivity index is 2.35. The standard InChI is InChI=1S/C17H23NO3/c1-3-14-5-7-15(8-6-14)9-10-16(19)18-12-13(2)4-11-17(20)21/h5-10,13H,3-4,11-12H2,1-2H3,(H,18,19)(H,20,21)/b10-9+. The van der Waals surface area contributed by atoms with Crippen LogP contribution < -0.4 is 5.32 Å². The van der Waals surface area contributed by atoms with Crippen LogP contribution in [0.4, 0.5) is 0 Å². The van der Waals surface area contributed by atoms with Crippen LogP contribution in [0.1, 0.15) is 37.8 Å². The Hall–Kier alpha value is -2.10. The van der Waals surface area contributed by atoms with E-state index >= 15 is 0 Å². The second-order valence-corrected chi connectivity index (χ2v) is 5.21. The molecule has 1 aromatic rings. The maximum atomic E-state index is 11.7. The fourth-order valence-corrected chi connectivity index (χ4v) is 1.84. The molecule has 0 spiro atoms. The van der Waals surface area contributed by atoms with E-state index in [4.69, 9.17) is 5.11 Å². The molecular weight excluding hydrogens is 266 g/mol. The lowest BCUT2D eigenvalue weighted by atomic mass is 10.1. The highest BCUT2D eigenvalue weighted by molar-refractivity contribution is 5.91. The van der Waals surface area contributed by atoms with Crippen LogP contribution in [-0.2, 0) is 16.0 Å². The minimum absolute atomic E-state index is 0.136. The highest BCUT2D eigenvalue weighted by atomic mass is 16.4.